The molecule has 7 heteroatoms. The maximum Gasteiger partial charge on any atom is 0.334 e. The van der Waals surface area contributed by atoms with Crippen molar-refractivity contribution in [2.75, 3.05) is 14.2 Å². The van der Waals surface area contributed by atoms with Crippen molar-refractivity contribution in [1.82, 2.24) is 9.80 Å². The van der Waals surface area contributed by atoms with E-state index in [0.717, 1.165) is 9.80 Å². The van der Waals surface area contributed by atoms with Gasteiger partial charge in [-0.15, -0.1) is 0 Å². The Hall–Kier alpha value is -2.70. The number of hydrogen-bond donors (Lipinski definition) is 0. The summed E-state index contributed by atoms with van der Waals surface area (Å²) in [6.45, 7) is -0.126. The molecule has 0 aliphatic carbocycles. The van der Waals surface area contributed by atoms with Crippen LogP contribution >= 0.6 is 0 Å². The predicted octanol–water partition coefficient (Wildman–Crippen LogP) is 0.428. The van der Waals surface area contributed by atoms with Gasteiger partial charge in [-0.1, -0.05) is 0 Å². The van der Waals surface area contributed by atoms with Crippen molar-refractivity contribution in [3.8, 4) is 5.75 Å². The minimum atomic E-state index is -0.893. The van der Waals surface area contributed by atoms with E-state index in [-0.39, 0.29) is 6.54 Å². The Bertz CT molecular complexity index is 611. The van der Waals surface area contributed by atoms with Crippen molar-refractivity contribution in [2.45, 2.75) is 6.54 Å². The number of urea groups is 1. The second-order valence-corrected chi connectivity index (χ2v) is 4.23. The van der Waals surface area contributed by atoms with E-state index in [1.807, 2.05) is 0 Å². The Morgan fingerprint density at radius 3 is 2.40 bits per heavy atom. The zero-order valence-corrected chi connectivity index (χ0v) is 11.0. The molecular weight excluding hydrogens is 264 g/mol. The Kier molecular flexibility index (Phi) is 3.51. The van der Waals surface area contributed by atoms with Crippen LogP contribution in [0.15, 0.2) is 18.2 Å². The van der Waals surface area contributed by atoms with Gasteiger partial charge in [0.05, 0.1) is 13.7 Å². The van der Waals surface area contributed by atoms with E-state index in [9.17, 15) is 19.2 Å². The van der Waals surface area contributed by atoms with E-state index in [1.165, 1.54) is 20.2 Å². The lowest BCUT2D eigenvalue weighted by Gasteiger charge is -2.15. The molecule has 1 saturated heterocycles. The molecule has 4 amide bonds. The zero-order chi connectivity index (χ0) is 14.9. The summed E-state index contributed by atoms with van der Waals surface area (Å²) in [7, 11) is 2.67. The Balaban J connectivity index is 2.34. The molecule has 104 valence electrons. The van der Waals surface area contributed by atoms with Crippen molar-refractivity contribution in [3.63, 3.8) is 0 Å². The minimum absolute atomic E-state index is 0.126. The molecule has 1 fully saturated rings. The molecular formula is C13H12N2O5. The molecule has 0 bridgehead atoms. The summed E-state index contributed by atoms with van der Waals surface area (Å²) in [5.74, 6) is -1.34. The summed E-state index contributed by atoms with van der Waals surface area (Å²) in [5, 5.41) is 0. The highest BCUT2D eigenvalue weighted by Crippen LogP contribution is 2.23. The first kappa shape index (κ1) is 13.7. The third-order valence-electron chi connectivity index (χ3n) is 3.02. The second-order valence-electron chi connectivity index (χ2n) is 4.23. The van der Waals surface area contributed by atoms with Gasteiger partial charge in [0.15, 0.2) is 0 Å². The van der Waals surface area contributed by atoms with Crippen LogP contribution < -0.4 is 4.74 Å². The topological polar surface area (TPSA) is 84.0 Å². The highest BCUT2D eigenvalue weighted by molar-refractivity contribution is 6.44. The highest BCUT2D eigenvalue weighted by atomic mass is 16.5. The summed E-state index contributed by atoms with van der Waals surface area (Å²) in [6, 6.07) is 3.93. The first-order chi connectivity index (χ1) is 9.49. The van der Waals surface area contributed by atoms with Gasteiger partial charge in [0.1, 0.15) is 12.0 Å². The number of imide groups is 2. The number of rotatable bonds is 4. The second kappa shape index (κ2) is 5.12. The van der Waals surface area contributed by atoms with Crippen LogP contribution in [0.2, 0.25) is 0 Å². The quantitative estimate of drug-likeness (QED) is 0.452. The summed E-state index contributed by atoms with van der Waals surface area (Å²) in [5.41, 5.74) is 0.862. The molecule has 0 radical (unpaired) electrons. The van der Waals surface area contributed by atoms with Gasteiger partial charge in [0.2, 0.25) is 0 Å². The lowest BCUT2D eigenvalue weighted by molar-refractivity contribution is -0.143. The smallest absolute Gasteiger partial charge is 0.334 e. The van der Waals surface area contributed by atoms with E-state index in [1.54, 1.807) is 12.1 Å². The molecule has 1 aromatic rings. The summed E-state index contributed by atoms with van der Waals surface area (Å²) >= 11 is 0. The molecule has 2 rings (SSSR count). The van der Waals surface area contributed by atoms with Crippen LogP contribution in [0.5, 0.6) is 5.75 Å². The van der Waals surface area contributed by atoms with E-state index in [0.29, 0.717) is 23.2 Å². The third kappa shape index (κ3) is 2.13. The van der Waals surface area contributed by atoms with Crippen LogP contribution in [0.4, 0.5) is 4.79 Å². The van der Waals surface area contributed by atoms with Crippen molar-refractivity contribution in [3.05, 3.63) is 29.3 Å². The van der Waals surface area contributed by atoms with Gasteiger partial charge in [0, 0.05) is 18.2 Å². The van der Waals surface area contributed by atoms with Gasteiger partial charge in [-0.2, -0.15) is 0 Å². The molecule has 0 spiro atoms. The van der Waals surface area contributed by atoms with E-state index in [2.05, 4.69) is 0 Å². The average molecular weight is 276 g/mol. The first-order valence-electron chi connectivity index (χ1n) is 5.75. The normalized spacial score (nSPS) is 15.0. The summed E-state index contributed by atoms with van der Waals surface area (Å²) < 4.78 is 5.12. The van der Waals surface area contributed by atoms with Crippen LogP contribution in [-0.4, -0.2) is 48.1 Å². The highest BCUT2D eigenvalue weighted by Gasteiger charge is 2.42. The van der Waals surface area contributed by atoms with E-state index >= 15 is 0 Å². The number of amides is 4. The number of likely N-dealkylation sites (N-methyl/N-ethyl adjacent to an activating group) is 1. The zero-order valence-electron chi connectivity index (χ0n) is 11.0. The minimum Gasteiger partial charge on any atom is -0.496 e. The van der Waals surface area contributed by atoms with Crippen LogP contribution in [0.1, 0.15) is 15.9 Å². The molecule has 1 aliphatic rings. The molecule has 1 aromatic carbocycles. The number of methoxy groups -OCH3 is 1. The number of carbonyl (C=O) groups excluding carboxylic acids is 4. The molecule has 20 heavy (non-hydrogen) atoms. The number of carbonyl (C=O) groups is 4. The van der Waals surface area contributed by atoms with Gasteiger partial charge >= 0.3 is 17.8 Å². The maximum atomic E-state index is 11.8. The Labute approximate surface area is 114 Å². The third-order valence-corrected chi connectivity index (χ3v) is 3.02. The molecule has 0 aromatic heterocycles. The van der Waals surface area contributed by atoms with Crippen molar-refractivity contribution < 1.29 is 23.9 Å². The predicted molar refractivity (Wildman–Crippen MR) is 67.1 cm³/mol. The molecule has 0 atom stereocenters. The standard InChI is InChI=1S/C13H12N2O5/c1-14-11(17)12(18)15(13(14)19)6-9-5-8(7-16)3-4-10(9)20-2/h3-5,7H,6H2,1-2H3. The lowest BCUT2D eigenvalue weighted by atomic mass is 10.1. The lowest BCUT2D eigenvalue weighted by Crippen LogP contribution is -2.31. The number of hydrogen-bond acceptors (Lipinski definition) is 5. The molecule has 0 unspecified atom stereocenters. The van der Waals surface area contributed by atoms with Gasteiger partial charge in [-0.3, -0.25) is 24.2 Å². The molecule has 7 nitrogen and oxygen atoms in total. The van der Waals surface area contributed by atoms with Gasteiger partial charge in [-0.25, -0.2) is 4.79 Å². The van der Waals surface area contributed by atoms with Crippen molar-refractivity contribution >= 4 is 24.1 Å². The van der Waals surface area contributed by atoms with Crippen LogP contribution in [-0.2, 0) is 16.1 Å². The number of benzene rings is 1. The number of aldehydes is 1. The van der Waals surface area contributed by atoms with Crippen LogP contribution in [0, 0.1) is 0 Å². The van der Waals surface area contributed by atoms with Crippen molar-refractivity contribution in [1.29, 1.82) is 0 Å². The Morgan fingerprint density at radius 2 is 1.90 bits per heavy atom. The molecule has 0 saturated carbocycles. The fourth-order valence-corrected chi connectivity index (χ4v) is 1.92. The van der Waals surface area contributed by atoms with Crippen LogP contribution in [0.3, 0.4) is 0 Å². The Morgan fingerprint density at radius 1 is 1.20 bits per heavy atom. The maximum absolute atomic E-state index is 11.8. The molecule has 0 N–H and O–H groups in total. The van der Waals surface area contributed by atoms with E-state index in [4.69, 9.17) is 4.74 Å². The molecule has 1 aliphatic heterocycles. The average Bonchev–Trinajstić information content (AvgIpc) is 2.65. The summed E-state index contributed by atoms with van der Waals surface area (Å²) in [4.78, 5) is 47.2. The van der Waals surface area contributed by atoms with Crippen molar-refractivity contribution in [2.24, 2.45) is 0 Å². The van der Waals surface area contributed by atoms with Gasteiger partial charge in [0.25, 0.3) is 0 Å². The van der Waals surface area contributed by atoms with Crippen LogP contribution in [0.25, 0.3) is 0 Å². The largest absolute Gasteiger partial charge is 0.496 e. The number of nitrogens with zero attached hydrogens (tertiary/aromatic N) is 2. The first-order valence-corrected chi connectivity index (χ1v) is 5.75. The fourth-order valence-electron chi connectivity index (χ4n) is 1.92. The fraction of sp³-hybridized carbons (Fsp3) is 0.231. The van der Waals surface area contributed by atoms with Gasteiger partial charge < -0.3 is 4.74 Å². The number of ether oxygens (including phenoxy) is 1. The summed E-state index contributed by atoms with van der Waals surface area (Å²) in [6.07, 6.45) is 0.647. The van der Waals surface area contributed by atoms with Gasteiger partial charge in [-0.05, 0) is 18.2 Å². The molecule has 1 heterocycles. The van der Waals surface area contributed by atoms with E-state index < -0.39 is 17.8 Å². The SMILES string of the molecule is COc1ccc(C=O)cc1CN1C(=O)C(=O)N(C)C1=O. The monoisotopic (exact) mass is 276 g/mol.